The molecule has 0 aromatic heterocycles. The first-order valence-electron chi connectivity index (χ1n) is 6.57. The molecule has 0 bridgehead atoms. The molecule has 0 fully saturated rings. The molecule has 0 aliphatic heterocycles. The Morgan fingerprint density at radius 1 is 1.20 bits per heavy atom. The van der Waals surface area contributed by atoms with Crippen LogP contribution in [0.5, 0.6) is 0 Å². The average molecular weight is 304 g/mol. The monoisotopic (exact) mass is 303 g/mol. The predicted octanol–water partition coefficient (Wildman–Crippen LogP) is 4.58. The van der Waals surface area contributed by atoms with Crippen molar-refractivity contribution in [1.82, 2.24) is 0 Å². The summed E-state index contributed by atoms with van der Waals surface area (Å²) in [6.07, 6.45) is 0. The van der Waals surface area contributed by atoms with Gasteiger partial charge in [0.25, 0.3) is 0 Å². The minimum Gasteiger partial charge on any atom is -0.395 e. The molecule has 0 radical (unpaired) electrons. The van der Waals surface area contributed by atoms with Crippen LogP contribution in [0.15, 0.2) is 42.5 Å². The summed E-state index contributed by atoms with van der Waals surface area (Å²) in [5.41, 5.74) is 0.399. The number of fused-ring (bicyclic) bond motifs is 1. The van der Waals surface area contributed by atoms with E-state index in [2.05, 4.69) is 12.1 Å². The van der Waals surface area contributed by atoms with Crippen LogP contribution in [-0.4, -0.2) is 13.8 Å². The van der Waals surface area contributed by atoms with Crippen LogP contribution in [0.4, 0.5) is 0 Å². The quantitative estimate of drug-likeness (QED) is 0.612. The lowest BCUT2D eigenvalue weighted by atomic mass is 9.95. The zero-order valence-electron chi connectivity index (χ0n) is 12.0. The van der Waals surface area contributed by atoms with Crippen molar-refractivity contribution in [2.75, 3.05) is 5.50 Å². The second-order valence-corrected chi connectivity index (χ2v) is 10.5. The Kier molecular flexibility index (Phi) is 4.19. The van der Waals surface area contributed by atoms with E-state index in [9.17, 15) is 5.26 Å². The third kappa shape index (κ3) is 3.04. The Morgan fingerprint density at radius 3 is 2.45 bits per heavy atom. The van der Waals surface area contributed by atoms with Gasteiger partial charge in [-0.1, -0.05) is 36.4 Å². The van der Waals surface area contributed by atoms with Gasteiger partial charge in [0, 0.05) is 5.50 Å². The smallest absolute Gasteiger partial charge is 0.203 e. The summed E-state index contributed by atoms with van der Waals surface area (Å²) < 4.78 is 6.10. The molecule has 0 aliphatic rings. The van der Waals surface area contributed by atoms with E-state index in [1.165, 1.54) is 0 Å². The van der Waals surface area contributed by atoms with Crippen LogP contribution in [-0.2, 0) is 10.0 Å². The lowest BCUT2D eigenvalue weighted by molar-refractivity contribution is 0.140. The maximum absolute atomic E-state index is 9.57. The molecular formula is C16H18ClNOSi. The molecule has 20 heavy (non-hydrogen) atoms. The number of rotatable bonds is 4. The van der Waals surface area contributed by atoms with Crippen molar-refractivity contribution in [3.05, 3.63) is 48.0 Å². The zero-order chi connectivity index (χ0) is 14.8. The van der Waals surface area contributed by atoms with Crippen LogP contribution >= 0.6 is 11.6 Å². The normalized spacial score (nSPS) is 14.8. The van der Waals surface area contributed by atoms with Crippen molar-refractivity contribution in [3.63, 3.8) is 0 Å². The maximum atomic E-state index is 9.57. The molecule has 0 aliphatic carbocycles. The van der Waals surface area contributed by atoms with Crippen molar-refractivity contribution < 1.29 is 4.43 Å². The maximum Gasteiger partial charge on any atom is 0.203 e. The molecular weight excluding hydrogens is 286 g/mol. The minimum atomic E-state index is -2.04. The number of hydrogen-bond donors (Lipinski definition) is 0. The van der Waals surface area contributed by atoms with Crippen molar-refractivity contribution in [2.45, 2.75) is 25.6 Å². The standard InChI is InChI=1S/C16H18ClNOSi/c1-16(11-18,19-20(2,3)12-17)15-9-8-13-6-4-5-7-14(13)10-15/h4-10H,12H2,1-3H3. The highest BCUT2D eigenvalue weighted by Gasteiger charge is 2.35. The van der Waals surface area contributed by atoms with E-state index in [0.717, 1.165) is 16.3 Å². The molecule has 2 rings (SSSR count). The third-order valence-corrected chi connectivity index (χ3v) is 6.85. The molecule has 2 aromatic carbocycles. The first kappa shape index (κ1) is 15.1. The van der Waals surface area contributed by atoms with E-state index in [4.69, 9.17) is 16.0 Å². The van der Waals surface area contributed by atoms with Gasteiger partial charge >= 0.3 is 0 Å². The van der Waals surface area contributed by atoms with Crippen LogP contribution in [0.25, 0.3) is 10.8 Å². The van der Waals surface area contributed by atoms with Crippen LogP contribution in [0.2, 0.25) is 13.1 Å². The number of hydrogen-bond acceptors (Lipinski definition) is 2. The van der Waals surface area contributed by atoms with E-state index in [1.807, 2.05) is 56.4 Å². The number of nitriles is 1. The molecule has 2 nitrogen and oxygen atoms in total. The van der Waals surface area contributed by atoms with Crippen LogP contribution < -0.4 is 0 Å². The Labute approximate surface area is 126 Å². The second kappa shape index (κ2) is 5.57. The van der Waals surface area contributed by atoms with Crippen LogP contribution in [0.3, 0.4) is 0 Å². The summed E-state index contributed by atoms with van der Waals surface area (Å²) in [5, 5.41) is 11.8. The Hall–Kier alpha value is -1.34. The number of halogens is 1. The summed E-state index contributed by atoms with van der Waals surface area (Å²) in [6, 6.07) is 16.4. The first-order chi connectivity index (χ1) is 9.40. The largest absolute Gasteiger partial charge is 0.395 e. The van der Waals surface area contributed by atoms with Gasteiger partial charge in [0.2, 0.25) is 8.32 Å². The second-order valence-electron chi connectivity index (χ2n) is 5.70. The Morgan fingerprint density at radius 2 is 1.85 bits per heavy atom. The van der Waals surface area contributed by atoms with Gasteiger partial charge in [-0.05, 0) is 42.4 Å². The van der Waals surface area contributed by atoms with Gasteiger partial charge in [-0.3, -0.25) is 0 Å². The molecule has 0 N–H and O–H groups in total. The molecule has 2 aromatic rings. The zero-order valence-corrected chi connectivity index (χ0v) is 13.7. The van der Waals surface area contributed by atoms with Gasteiger partial charge in [-0.15, -0.1) is 11.6 Å². The topological polar surface area (TPSA) is 33.0 Å². The lowest BCUT2D eigenvalue weighted by Gasteiger charge is -2.32. The molecule has 104 valence electrons. The highest BCUT2D eigenvalue weighted by Crippen LogP contribution is 2.31. The van der Waals surface area contributed by atoms with Crippen LogP contribution in [0.1, 0.15) is 12.5 Å². The summed E-state index contributed by atoms with van der Waals surface area (Å²) in [6.45, 7) is 5.87. The van der Waals surface area contributed by atoms with Crippen molar-refractivity contribution in [1.29, 1.82) is 5.26 Å². The molecule has 1 atom stereocenters. The highest BCUT2D eigenvalue weighted by molar-refractivity contribution is 6.77. The molecule has 0 saturated carbocycles. The van der Waals surface area contributed by atoms with Gasteiger partial charge < -0.3 is 4.43 Å². The summed E-state index contributed by atoms with van der Waals surface area (Å²) in [5.74, 6) is 0. The third-order valence-electron chi connectivity index (χ3n) is 3.32. The highest BCUT2D eigenvalue weighted by atomic mass is 35.5. The van der Waals surface area contributed by atoms with Gasteiger partial charge in [0.05, 0.1) is 0 Å². The molecule has 0 spiro atoms. The van der Waals surface area contributed by atoms with Crippen molar-refractivity contribution >= 4 is 30.7 Å². The molecule has 4 heteroatoms. The molecule has 0 saturated heterocycles. The molecule has 0 heterocycles. The minimum absolute atomic E-state index is 0.470. The fourth-order valence-corrected chi connectivity index (χ4v) is 3.70. The number of nitrogens with zero attached hydrogens (tertiary/aromatic N) is 1. The number of benzene rings is 2. The Balaban J connectivity index is 2.46. The Bertz CT molecular complexity index is 665. The van der Waals surface area contributed by atoms with Gasteiger partial charge in [0.15, 0.2) is 5.60 Å². The van der Waals surface area contributed by atoms with Crippen molar-refractivity contribution in [2.24, 2.45) is 0 Å². The molecule has 1 unspecified atom stereocenters. The SMILES string of the molecule is CC(C#N)(O[Si](C)(C)CCl)c1ccc2ccccc2c1. The van der Waals surface area contributed by atoms with Gasteiger partial charge in [0.1, 0.15) is 6.07 Å². The average Bonchev–Trinajstić information content (AvgIpc) is 2.46. The van der Waals surface area contributed by atoms with E-state index >= 15 is 0 Å². The van der Waals surface area contributed by atoms with E-state index in [1.54, 1.807) is 0 Å². The fourth-order valence-electron chi connectivity index (χ4n) is 2.21. The van der Waals surface area contributed by atoms with Crippen LogP contribution in [0, 0.1) is 11.3 Å². The predicted molar refractivity (Wildman–Crippen MR) is 86.2 cm³/mol. The summed E-state index contributed by atoms with van der Waals surface area (Å²) in [7, 11) is -2.04. The van der Waals surface area contributed by atoms with Crippen molar-refractivity contribution in [3.8, 4) is 6.07 Å². The summed E-state index contributed by atoms with van der Waals surface area (Å²) >= 11 is 5.97. The lowest BCUT2D eigenvalue weighted by Crippen LogP contribution is -2.42. The first-order valence-corrected chi connectivity index (χ1v) is 10.2. The van der Waals surface area contributed by atoms with E-state index in [0.29, 0.717) is 5.50 Å². The van der Waals surface area contributed by atoms with Gasteiger partial charge in [-0.25, -0.2) is 0 Å². The van der Waals surface area contributed by atoms with E-state index in [-0.39, 0.29) is 0 Å². The number of alkyl halides is 1. The summed E-state index contributed by atoms with van der Waals surface area (Å²) in [4.78, 5) is 0. The van der Waals surface area contributed by atoms with E-state index < -0.39 is 13.9 Å². The molecule has 0 amide bonds. The van der Waals surface area contributed by atoms with Gasteiger partial charge in [-0.2, -0.15) is 5.26 Å². The fraction of sp³-hybridized carbons (Fsp3) is 0.312.